The fraction of sp³-hybridized carbons (Fsp3) is 0.667. The Bertz CT molecular complexity index is 376. The third-order valence-electron chi connectivity index (χ3n) is 4.28. The van der Waals surface area contributed by atoms with E-state index in [1.807, 2.05) is 0 Å². The number of rotatable bonds is 8. The zero-order chi connectivity index (χ0) is 14.9. The normalized spacial score (nSPS) is 20.6. The van der Waals surface area contributed by atoms with Gasteiger partial charge in [0.1, 0.15) is 0 Å². The monoisotopic (exact) mass is 290 g/mol. The quantitative estimate of drug-likeness (QED) is 0.745. The zero-order valence-electron chi connectivity index (χ0n) is 13.6. The Balaban J connectivity index is 1.95. The molecule has 3 nitrogen and oxygen atoms in total. The Labute approximate surface area is 129 Å². The first kappa shape index (κ1) is 16.5. The first-order valence-electron chi connectivity index (χ1n) is 8.35. The molecule has 0 bridgehead atoms. The Kier molecular flexibility index (Phi) is 7.20. The van der Waals surface area contributed by atoms with Gasteiger partial charge in [-0.05, 0) is 44.3 Å². The van der Waals surface area contributed by atoms with Gasteiger partial charge in [0, 0.05) is 25.7 Å². The second-order valence-corrected chi connectivity index (χ2v) is 6.15. The molecule has 1 aromatic carbocycles. The van der Waals surface area contributed by atoms with E-state index >= 15 is 0 Å². The number of nitrogens with zero attached hydrogens (tertiary/aromatic N) is 1. The van der Waals surface area contributed by atoms with Crippen molar-refractivity contribution in [1.29, 1.82) is 0 Å². The van der Waals surface area contributed by atoms with Crippen molar-refractivity contribution >= 4 is 0 Å². The molecule has 0 saturated carbocycles. The molecule has 0 amide bonds. The average molecular weight is 290 g/mol. The van der Waals surface area contributed by atoms with Crippen molar-refractivity contribution in [3.8, 4) is 0 Å². The van der Waals surface area contributed by atoms with Crippen LogP contribution in [0.3, 0.4) is 0 Å². The lowest BCUT2D eigenvalue weighted by atomic mass is 9.99. The van der Waals surface area contributed by atoms with Gasteiger partial charge < -0.3 is 10.1 Å². The minimum Gasteiger partial charge on any atom is -0.381 e. The topological polar surface area (TPSA) is 24.5 Å². The van der Waals surface area contributed by atoms with Crippen molar-refractivity contribution in [3.05, 3.63) is 35.9 Å². The van der Waals surface area contributed by atoms with Gasteiger partial charge in [0.15, 0.2) is 0 Å². The van der Waals surface area contributed by atoms with Crippen molar-refractivity contribution < 1.29 is 4.74 Å². The van der Waals surface area contributed by atoms with E-state index in [2.05, 4.69) is 54.5 Å². The van der Waals surface area contributed by atoms with Crippen LogP contribution in [-0.4, -0.2) is 44.8 Å². The predicted molar refractivity (Wildman–Crippen MR) is 88.5 cm³/mol. The van der Waals surface area contributed by atoms with Gasteiger partial charge in [-0.25, -0.2) is 0 Å². The number of hydrogen-bond donors (Lipinski definition) is 1. The summed E-state index contributed by atoms with van der Waals surface area (Å²) in [5, 5.41) is 3.58. The number of hydrogen-bond acceptors (Lipinski definition) is 3. The number of benzene rings is 1. The smallest absolute Gasteiger partial charge is 0.0506 e. The van der Waals surface area contributed by atoms with E-state index in [-0.39, 0.29) is 0 Å². The molecule has 0 aliphatic carbocycles. The Morgan fingerprint density at radius 3 is 2.81 bits per heavy atom. The first-order chi connectivity index (χ1) is 10.3. The summed E-state index contributed by atoms with van der Waals surface area (Å²) in [4.78, 5) is 2.50. The molecule has 2 atom stereocenters. The maximum Gasteiger partial charge on any atom is 0.0506 e. The van der Waals surface area contributed by atoms with E-state index in [0.717, 1.165) is 32.8 Å². The van der Waals surface area contributed by atoms with Crippen molar-refractivity contribution in [2.24, 2.45) is 5.92 Å². The zero-order valence-corrected chi connectivity index (χ0v) is 13.6. The van der Waals surface area contributed by atoms with Crippen LogP contribution in [0, 0.1) is 5.92 Å². The Morgan fingerprint density at radius 1 is 1.33 bits per heavy atom. The molecule has 3 heteroatoms. The molecule has 1 aliphatic rings. The van der Waals surface area contributed by atoms with E-state index in [1.54, 1.807) is 0 Å². The molecule has 2 rings (SSSR count). The molecule has 1 aromatic rings. The Morgan fingerprint density at radius 2 is 2.14 bits per heavy atom. The number of nitrogens with one attached hydrogen (secondary N) is 1. The molecule has 1 fully saturated rings. The average Bonchev–Trinajstić information content (AvgIpc) is 2.53. The highest BCUT2D eigenvalue weighted by Crippen LogP contribution is 2.22. The summed E-state index contributed by atoms with van der Waals surface area (Å²) in [6.45, 7) is 7.31. The fourth-order valence-corrected chi connectivity index (χ4v) is 3.10. The van der Waals surface area contributed by atoms with Gasteiger partial charge in [0.25, 0.3) is 0 Å². The molecule has 1 heterocycles. The van der Waals surface area contributed by atoms with E-state index in [4.69, 9.17) is 4.74 Å². The summed E-state index contributed by atoms with van der Waals surface area (Å²) in [5.74, 6) is 0.682. The molecule has 2 unspecified atom stereocenters. The van der Waals surface area contributed by atoms with E-state index < -0.39 is 0 Å². The van der Waals surface area contributed by atoms with Crippen LogP contribution in [0.2, 0.25) is 0 Å². The summed E-state index contributed by atoms with van der Waals surface area (Å²) >= 11 is 0. The van der Waals surface area contributed by atoms with Gasteiger partial charge >= 0.3 is 0 Å². The van der Waals surface area contributed by atoms with E-state index in [1.165, 1.54) is 24.8 Å². The Hall–Kier alpha value is -0.900. The molecule has 1 N–H and O–H groups in total. The van der Waals surface area contributed by atoms with E-state index in [9.17, 15) is 0 Å². The minimum absolute atomic E-state index is 0.444. The fourth-order valence-electron chi connectivity index (χ4n) is 3.10. The highest BCUT2D eigenvalue weighted by molar-refractivity contribution is 5.19. The second-order valence-electron chi connectivity index (χ2n) is 6.15. The first-order valence-corrected chi connectivity index (χ1v) is 8.35. The van der Waals surface area contributed by atoms with Crippen LogP contribution in [-0.2, 0) is 4.74 Å². The molecule has 1 aliphatic heterocycles. The van der Waals surface area contributed by atoms with Crippen molar-refractivity contribution in [2.45, 2.75) is 32.2 Å². The van der Waals surface area contributed by atoms with Gasteiger partial charge in [0.05, 0.1) is 6.61 Å². The number of ether oxygens (including phenoxy) is 1. The molecule has 0 aromatic heterocycles. The lowest BCUT2D eigenvalue weighted by molar-refractivity contribution is 0.0360. The molecule has 0 spiro atoms. The van der Waals surface area contributed by atoms with Crippen LogP contribution in [0.25, 0.3) is 0 Å². The largest absolute Gasteiger partial charge is 0.381 e. The highest BCUT2D eigenvalue weighted by atomic mass is 16.5. The molecular formula is C18H30N2O. The molecular weight excluding hydrogens is 260 g/mol. The van der Waals surface area contributed by atoms with Crippen molar-refractivity contribution in [2.75, 3.05) is 39.9 Å². The summed E-state index contributed by atoms with van der Waals surface area (Å²) in [5.41, 5.74) is 1.40. The summed E-state index contributed by atoms with van der Waals surface area (Å²) in [6, 6.07) is 11.3. The SMILES string of the molecule is CCCNCC(c1ccccc1)N(C)CC1CCCOC1. The molecule has 0 radical (unpaired) electrons. The van der Waals surface area contributed by atoms with Crippen molar-refractivity contribution in [3.63, 3.8) is 0 Å². The predicted octanol–water partition coefficient (Wildman–Crippen LogP) is 3.09. The standard InChI is InChI=1S/C18H30N2O/c1-3-11-19-13-18(17-9-5-4-6-10-17)20(2)14-16-8-7-12-21-15-16/h4-6,9-10,16,18-19H,3,7-8,11-15H2,1-2H3. The molecule has 1 saturated heterocycles. The molecule has 21 heavy (non-hydrogen) atoms. The third kappa shape index (κ3) is 5.42. The van der Waals surface area contributed by atoms with Gasteiger partial charge in [-0.2, -0.15) is 0 Å². The van der Waals surface area contributed by atoms with E-state index in [0.29, 0.717) is 12.0 Å². The van der Waals surface area contributed by atoms with Crippen LogP contribution in [0.15, 0.2) is 30.3 Å². The molecule has 118 valence electrons. The maximum atomic E-state index is 5.62. The second kappa shape index (κ2) is 9.19. The van der Waals surface area contributed by atoms with Crippen LogP contribution in [0.4, 0.5) is 0 Å². The summed E-state index contributed by atoms with van der Waals surface area (Å²) in [6.07, 6.45) is 3.69. The highest BCUT2D eigenvalue weighted by Gasteiger charge is 2.21. The van der Waals surface area contributed by atoms with Crippen molar-refractivity contribution in [1.82, 2.24) is 10.2 Å². The van der Waals surface area contributed by atoms with Gasteiger partial charge in [-0.1, -0.05) is 37.3 Å². The van der Waals surface area contributed by atoms with Crippen LogP contribution >= 0.6 is 0 Å². The maximum absolute atomic E-state index is 5.62. The van der Waals surface area contributed by atoms with Crippen LogP contribution < -0.4 is 5.32 Å². The lowest BCUT2D eigenvalue weighted by Gasteiger charge is -2.33. The number of likely N-dealkylation sites (N-methyl/N-ethyl adjacent to an activating group) is 1. The van der Waals surface area contributed by atoms with Crippen LogP contribution in [0.5, 0.6) is 0 Å². The summed E-state index contributed by atoms with van der Waals surface area (Å²) < 4.78 is 5.62. The van der Waals surface area contributed by atoms with Crippen LogP contribution in [0.1, 0.15) is 37.8 Å². The summed E-state index contributed by atoms with van der Waals surface area (Å²) in [7, 11) is 2.25. The lowest BCUT2D eigenvalue weighted by Crippen LogP contribution is -2.38. The minimum atomic E-state index is 0.444. The third-order valence-corrected chi connectivity index (χ3v) is 4.28. The van der Waals surface area contributed by atoms with Gasteiger partial charge in [-0.15, -0.1) is 0 Å². The van der Waals surface area contributed by atoms with Gasteiger partial charge in [-0.3, -0.25) is 4.90 Å². The van der Waals surface area contributed by atoms with Gasteiger partial charge in [0.2, 0.25) is 0 Å².